The summed E-state index contributed by atoms with van der Waals surface area (Å²) in [6.07, 6.45) is 10.6. The molecule has 1 fully saturated rings. The van der Waals surface area contributed by atoms with Gasteiger partial charge in [-0.15, -0.1) is 0 Å². The van der Waals surface area contributed by atoms with Crippen molar-refractivity contribution in [1.29, 1.82) is 0 Å². The molecule has 0 radical (unpaired) electrons. The Bertz CT molecular complexity index is 1160. The molecule has 1 aliphatic carbocycles. The Labute approximate surface area is 207 Å². The summed E-state index contributed by atoms with van der Waals surface area (Å²) in [6.45, 7) is 0. The number of ether oxygens (including phenoxy) is 2. The van der Waals surface area contributed by atoms with E-state index in [4.69, 9.17) is 15.2 Å². The number of aromatic nitrogens is 1. The van der Waals surface area contributed by atoms with Gasteiger partial charge >= 0.3 is 0 Å². The van der Waals surface area contributed by atoms with Crippen LogP contribution in [0.5, 0.6) is 11.5 Å². The third kappa shape index (κ3) is 6.38. The fourth-order valence-electron chi connectivity index (χ4n) is 4.55. The number of nitrogens with one attached hydrogen (secondary N) is 1. The lowest BCUT2D eigenvalue weighted by Gasteiger charge is -2.22. The van der Waals surface area contributed by atoms with E-state index in [1.165, 1.54) is 24.7 Å². The molecule has 182 valence electrons. The van der Waals surface area contributed by atoms with Crippen LogP contribution in [0.4, 0.5) is 5.69 Å². The molecule has 7 nitrogen and oxygen atoms in total. The van der Waals surface area contributed by atoms with Crippen LogP contribution in [0.2, 0.25) is 0 Å². The molecule has 35 heavy (non-hydrogen) atoms. The van der Waals surface area contributed by atoms with E-state index in [0.717, 1.165) is 47.6 Å². The summed E-state index contributed by atoms with van der Waals surface area (Å²) >= 11 is 0. The zero-order valence-electron chi connectivity index (χ0n) is 20.4. The summed E-state index contributed by atoms with van der Waals surface area (Å²) in [5.74, 6) is 2.12. The summed E-state index contributed by atoms with van der Waals surface area (Å²) in [6, 6.07) is 18.7. The molecule has 0 saturated heterocycles. The minimum Gasteiger partial charge on any atom is -0.493 e. The van der Waals surface area contributed by atoms with E-state index in [1.807, 2.05) is 30.6 Å². The molecule has 1 aromatic heterocycles. The van der Waals surface area contributed by atoms with Gasteiger partial charge in [0, 0.05) is 31.0 Å². The second kappa shape index (κ2) is 12.0. The lowest BCUT2D eigenvalue weighted by Crippen LogP contribution is -2.13. The van der Waals surface area contributed by atoms with E-state index in [1.54, 1.807) is 14.2 Å². The highest BCUT2D eigenvalue weighted by Crippen LogP contribution is 2.37. The maximum Gasteiger partial charge on any atom is 0.223 e. The lowest BCUT2D eigenvalue weighted by molar-refractivity contribution is 0.200. The Kier molecular flexibility index (Phi) is 8.33. The molecule has 0 bridgehead atoms. The predicted molar refractivity (Wildman–Crippen MR) is 142 cm³/mol. The molecule has 0 aliphatic heterocycles. The Balaban J connectivity index is 1.70. The third-order valence-corrected chi connectivity index (χ3v) is 6.33. The highest BCUT2D eigenvalue weighted by Gasteiger charge is 2.22. The largest absolute Gasteiger partial charge is 0.493 e. The zero-order valence-corrected chi connectivity index (χ0v) is 20.4. The maximum absolute atomic E-state index is 6.40. The number of pyridine rings is 1. The molecule has 1 aliphatic rings. The summed E-state index contributed by atoms with van der Waals surface area (Å²) in [5, 5.41) is 3.24. The first-order chi connectivity index (χ1) is 17.2. The maximum atomic E-state index is 6.40. The predicted octanol–water partition coefficient (Wildman–Crippen LogP) is 5.17. The number of nitrogens with two attached hydrogens (primary N) is 1. The highest BCUT2D eigenvalue weighted by atomic mass is 16.5. The highest BCUT2D eigenvalue weighted by molar-refractivity contribution is 5.97. The van der Waals surface area contributed by atoms with Crippen molar-refractivity contribution in [3.8, 4) is 11.5 Å². The molecule has 3 aromatic rings. The van der Waals surface area contributed by atoms with Crippen LogP contribution >= 0.6 is 0 Å². The minimum absolute atomic E-state index is 0.0935. The monoisotopic (exact) mass is 471 g/mol. The Morgan fingerprint density at radius 2 is 1.86 bits per heavy atom. The number of methoxy groups -OCH3 is 1. The normalized spacial score (nSPS) is 15.3. The van der Waals surface area contributed by atoms with Crippen molar-refractivity contribution in [2.24, 2.45) is 15.7 Å². The van der Waals surface area contributed by atoms with Crippen LogP contribution in [0.1, 0.15) is 48.3 Å². The average Bonchev–Trinajstić information content (AvgIpc) is 3.41. The topological polar surface area (TPSA) is 94.1 Å². The molecule has 0 spiro atoms. The number of guanidine groups is 1. The Hall–Kier alpha value is -3.87. The van der Waals surface area contributed by atoms with E-state index >= 15 is 0 Å². The van der Waals surface area contributed by atoms with Gasteiger partial charge in [0.05, 0.1) is 19.6 Å². The number of nitrogens with zero attached hydrogens (tertiary/aromatic N) is 3. The number of hydrogen-bond acceptors (Lipinski definition) is 4. The second-order valence-electron chi connectivity index (χ2n) is 8.62. The SMILES string of the molecule is CN=C(N=CN)Nc1cccc([C@@H](Cc2ccncc2)c2ccc(OC)c(OC3CCCC3)c2)c1. The van der Waals surface area contributed by atoms with Crippen LogP contribution < -0.4 is 20.5 Å². The number of aliphatic imine (C=N–C) groups is 2. The standard InChI is InChI=1S/C28H33N5O2/c1-30-28(32-19-29)33-23-7-5-6-21(17-23)25(16-20-12-14-31-15-13-20)22-10-11-26(34-2)27(18-22)35-24-8-3-4-9-24/h5-7,10-15,17-19,24-25H,3-4,8-9,16H2,1-2H3,(H3,29,30,32,33)/t25-/m1/s1. The van der Waals surface area contributed by atoms with Gasteiger partial charge in [0.15, 0.2) is 11.5 Å². The van der Waals surface area contributed by atoms with Gasteiger partial charge < -0.3 is 20.5 Å². The van der Waals surface area contributed by atoms with Crippen molar-refractivity contribution >= 4 is 18.0 Å². The van der Waals surface area contributed by atoms with Gasteiger partial charge in [-0.1, -0.05) is 18.2 Å². The van der Waals surface area contributed by atoms with Crippen LogP contribution in [0, 0.1) is 0 Å². The summed E-state index contributed by atoms with van der Waals surface area (Å²) < 4.78 is 12.0. The van der Waals surface area contributed by atoms with Gasteiger partial charge in [-0.2, -0.15) is 0 Å². The van der Waals surface area contributed by atoms with Crippen LogP contribution in [-0.4, -0.2) is 37.5 Å². The van der Waals surface area contributed by atoms with Crippen molar-refractivity contribution in [1.82, 2.24) is 4.98 Å². The van der Waals surface area contributed by atoms with Gasteiger partial charge in [-0.25, -0.2) is 4.99 Å². The Morgan fingerprint density at radius 1 is 1.09 bits per heavy atom. The fourth-order valence-corrected chi connectivity index (χ4v) is 4.55. The molecular weight excluding hydrogens is 438 g/mol. The number of benzene rings is 2. The Morgan fingerprint density at radius 3 is 2.57 bits per heavy atom. The smallest absolute Gasteiger partial charge is 0.223 e. The van der Waals surface area contributed by atoms with Gasteiger partial charge in [-0.05, 0) is 85.2 Å². The molecule has 1 atom stereocenters. The van der Waals surface area contributed by atoms with E-state index in [9.17, 15) is 0 Å². The van der Waals surface area contributed by atoms with Crippen LogP contribution in [0.15, 0.2) is 77.0 Å². The first-order valence-corrected chi connectivity index (χ1v) is 12.0. The first-order valence-electron chi connectivity index (χ1n) is 12.0. The molecule has 7 heteroatoms. The van der Waals surface area contributed by atoms with Gasteiger partial charge in [0.2, 0.25) is 5.96 Å². The fraction of sp³-hybridized carbons (Fsp3) is 0.321. The molecule has 0 unspecified atom stereocenters. The first kappa shape index (κ1) is 24.3. The van der Waals surface area contributed by atoms with E-state index in [-0.39, 0.29) is 12.0 Å². The molecule has 4 rings (SSSR count). The van der Waals surface area contributed by atoms with E-state index in [0.29, 0.717) is 5.96 Å². The third-order valence-electron chi connectivity index (χ3n) is 6.33. The summed E-state index contributed by atoms with van der Waals surface area (Å²) in [5.41, 5.74) is 9.88. The van der Waals surface area contributed by atoms with Crippen molar-refractivity contribution < 1.29 is 9.47 Å². The number of anilines is 1. The van der Waals surface area contributed by atoms with Crippen molar-refractivity contribution in [2.45, 2.75) is 44.1 Å². The summed E-state index contributed by atoms with van der Waals surface area (Å²) in [4.78, 5) is 12.4. The molecule has 2 aromatic carbocycles. The molecule has 0 amide bonds. The molecule has 3 N–H and O–H groups in total. The van der Waals surface area contributed by atoms with Gasteiger partial charge in [0.25, 0.3) is 0 Å². The zero-order chi connectivity index (χ0) is 24.5. The molecular formula is C28H33N5O2. The van der Waals surface area contributed by atoms with Crippen LogP contribution in [0.3, 0.4) is 0 Å². The average molecular weight is 472 g/mol. The number of hydrogen-bond donors (Lipinski definition) is 2. The lowest BCUT2D eigenvalue weighted by atomic mass is 9.85. The van der Waals surface area contributed by atoms with Crippen LogP contribution in [-0.2, 0) is 6.42 Å². The van der Waals surface area contributed by atoms with Gasteiger partial charge in [-0.3, -0.25) is 9.98 Å². The van der Waals surface area contributed by atoms with Gasteiger partial charge in [0.1, 0.15) is 0 Å². The minimum atomic E-state index is 0.0935. The molecule has 1 heterocycles. The quantitative estimate of drug-likeness (QED) is 0.349. The summed E-state index contributed by atoms with van der Waals surface area (Å²) in [7, 11) is 3.37. The van der Waals surface area contributed by atoms with E-state index in [2.05, 4.69) is 56.7 Å². The van der Waals surface area contributed by atoms with E-state index < -0.39 is 0 Å². The van der Waals surface area contributed by atoms with Crippen molar-refractivity contribution in [3.05, 3.63) is 83.7 Å². The number of rotatable bonds is 8. The van der Waals surface area contributed by atoms with Crippen molar-refractivity contribution in [3.63, 3.8) is 0 Å². The van der Waals surface area contributed by atoms with Crippen LogP contribution in [0.25, 0.3) is 0 Å². The second-order valence-corrected chi connectivity index (χ2v) is 8.62. The molecule has 1 saturated carbocycles. The van der Waals surface area contributed by atoms with Crippen molar-refractivity contribution in [2.75, 3.05) is 19.5 Å².